The number of benzene rings is 2. The van der Waals surface area contributed by atoms with Crippen molar-refractivity contribution in [2.24, 2.45) is 5.92 Å². The van der Waals surface area contributed by atoms with Gasteiger partial charge in [0.15, 0.2) is 6.23 Å². The number of anilines is 2. The van der Waals surface area contributed by atoms with Crippen LogP contribution in [0.4, 0.5) is 11.4 Å². The third-order valence-electron chi connectivity index (χ3n) is 4.16. The minimum atomic E-state index is 0.178. The highest BCUT2D eigenvalue weighted by Crippen LogP contribution is 2.38. The van der Waals surface area contributed by atoms with Gasteiger partial charge in [0.25, 0.3) is 0 Å². The number of hydrogen-bond acceptors (Lipinski definition) is 3. The van der Waals surface area contributed by atoms with Crippen LogP contribution in [0.25, 0.3) is 0 Å². The Hall–Kier alpha value is -2.00. The molecule has 2 aromatic rings. The lowest BCUT2D eigenvalue weighted by atomic mass is 10.1. The van der Waals surface area contributed by atoms with Gasteiger partial charge in [0, 0.05) is 19.1 Å². The Morgan fingerprint density at radius 3 is 2.20 bits per heavy atom. The molecule has 2 saturated heterocycles. The van der Waals surface area contributed by atoms with E-state index in [1.807, 2.05) is 0 Å². The molecule has 2 unspecified atom stereocenters. The van der Waals surface area contributed by atoms with E-state index in [9.17, 15) is 0 Å². The fourth-order valence-electron chi connectivity index (χ4n) is 3.21. The Balaban J connectivity index is 1.74. The van der Waals surface area contributed by atoms with Gasteiger partial charge in [0.05, 0.1) is 11.4 Å². The molecule has 4 rings (SSSR count). The van der Waals surface area contributed by atoms with Gasteiger partial charge in [-0.05, 0) is 30.7 Å². The number of hydrogen-bond donors (Lipinski definition) is 0. The van der Waals surface area contributed by atoms with E-state index in [1.165, 1.54) is 11.4 Å². The third-order valence-corrected chi connectivity index (χ3v) is 4.16. The largest absolute Gasteiger partial charge is 0.356 e. The summed E-state index contributed by atoms with van der Waals surface area (Å²) in [4.78, 5) is 0. The minimum absolute atomic E-state index is 0.178. The summed E-state index contributed by atoms with van der Waals surface area (Å²) >= 11 is 0. The molecular formula is C17H18N2O. The zero-order valence-corrected chi connectivity index (χ0v) is 11.4. The predicted octanol–water partition coefficient (Wildman–Crippen LogP) is 3.29. The molecular weight excluding hydrogens is 248 g/mol. The number of rotatable bonds is 2. The molecule has 0 aromatic heterocycles. The summed E-state index contributed by atoms with van der Waals surface area (Å²) in [6.45, 7) is 1.91. The Labute approximate surface area is 119 Å². The minimum Gasteiger partial charge on any atom is -0.356 e. The number of hydrazine groups is 1. The summed E-state index contributed by atoms with van der Waals surface area (Å²) < 4.78 is 5.98. The maximum atomic E-state index is 5.98. The number of nitrogens with zero attached hydrogens (tertiary/aromatic N) is 2. The van der Waals surface area contributed by atoms with E-state index >= 15 is 0 Å². The highest BCUT2D eigenvalue weighted by atomic mass is 16.5. The molecule has 0 spiro atoms. The standard InChI is InChI=1S/C17H18N2O/c1-3-7-15(8-4-1)18-13-14-11-12-20-17(14)19(18)16-9-5-2-6-10-16/h1-10,14,17H,11-13H2. The lowest BCUT2D eigenvalue weighted by Crippen LogP contribution is -2.42. The van der Waals surface area contributed by atoms with E-state index in [0.717, 1.165) is 19.6 Å². The first-order valence-electron chi connectivity index (χ1n) is 7.22. The van der Waals surface area contributed by atoms with Gasteiger partial charge >= 0.3 is 0 Å². The van der Waals surface area contributed by atoms with E-state index in [1.54, 1.807) is 0 Å². The van der Waals surface area contributed by atoms with Crippen molar-refractivity contribution < 1.29 is 4.74 Å². The van der Waals surface area contributed by atoms with Crippen molar-refractivity contribution in [2.45, 2.75) is 12.6 Å². The summed E-state index contributed by atoms with van der Waals surface area (Å²) in [7, 11) is 0. The first kappa shape index (κ1) is 11.8. The SMILES string of the molecule is c1ccc(N2CC3CCOC3N2c2ccccc2)cc1. The van der Waals surface area contributed by atoms with E-state index < -0.39 is 0 Å². The Bertz CT molecular complexity index is 572. The van der Waals surface area contributed by atoms with Crippen molar-refractivity contribution in [1.29, 1.82) is 0 Å². The Morgan fingerprint density at radius 2 is 1.50 bits per heavy atom. The molecule has 2 aliphatic rings. The molecule has 2 aromatic carbocycles. The number of para-hydroxylation sites is 2. The molecule has 0 amide bonds. The molecule has 102 valence electrons. The number of fused-ring (bicyclic) bond motifs is 1. The molecule has 2 fully saturated rings. The highest BCUT2D eigenvalue weighted by Gasteiger charge is 2.44. The monoisotopic (exact) mass is 266 g/mol. The molecule has 2 heterocycles. The van der Waals surface area contributed by atoms with Crippen LogP contribution in [0, 0.1) is 5.92 Å². The molecule has 0 aliphatic carbocycles. The van der Waals surface area contributed by atoms with Crippen molar-refractivity contribution >= 4 is 11.4 Å². The molecule has 0 radical (unpaired) electrons. The molecule has 3 heteroatoms. The summed E-state index contributed by atoms with van der Waals surface area (Å²) in [6.07, 6.45) is 1.33. The van der Waals surface area contributed by atoms with Crippen LogP contribution in [0.1, 0.15) is 6.42 Å². The van der Waals surface area contributed by atoms with E-state index in [2.05, 4.69) is 70.7 Å². The van der Waals surface area contributed by atoms with Crippen molar-refractivity contribution in [2.75, 3.05) is 23.2 Å². The van der Waals surface area contributed by atoms with Crippen LogP contribution in [0.2, 0.25) is 0 Å². The lowest BCUT2D eigenvalue weighted by Gasteiger charge is -2.34. The van der Waals surface area contributed by atoms with Crippen molar-refractivity contribution in [3.05, 3.63) is 60.7 Å². The molecule has 0 N–H and O–H groups in total. The van der Waals surface area contributed by atoms with E-state index in [-0.39, 0.29) is 6.23 Å². The van der Waals surface area contributed by atoms with Crippen molar-refractivity contribution in [1.82, 2.24) is 0 Å². The van der Waals surface area contributed by atoms with E-state index in [0.29, 0.717) is 5.92 Å². The quantitative estimate of drug-likeness (QED) is 0.829. The van der Waals surface area contributed by atoms with Crippen molar-refractivity contribution in [3.8, 4) is 0 Å². The average molecular weight is 266 g/mol. The van der Waals surface area contributed by atoms with Gasteiger partial charge in [-0.15, -0.1) is 0 Å². The van der Waals surface area contributed by atoms with Crippen molar-refractivity contribution in [3.63, 3.8) is 0 Å². The van der Waals surface area contributed by atoms with Gasteiger partial charge < -0.3 is 4.74 Å². The van der Waals surface area contributed by atoms with Crippen LogP contribution in [-0.4, -0.2) is 19.4 Å². The lowest BCUT2D eigenvalue weighted by molar-refractivity contribution is 0.105. The fraction of sp³-hybridized carbons (Fsp3) is 0.294. The predicted molar refractivity (Wildman–Crippen MR) is 80.6 cm³/mol. The van der Waals surface area contributed by atoms with Gasteiger partial charge in [-0.25, -0.2) is 0 Å². The zero-order valence-electron chi connectivity index (χ0n) is 11.4. The number of ether oxygens (including phenoxy) is 1. The second kappa shape index (κ2) is 4.84. The molecule has 2 atom stereocenters. The molecule has 2 aliphatic heterocycles. The normalized spacial score (nSPS) is 25.0. The van der Waals surface area contributed by atoms with Crippen LogP contribution in [0.5, 0.6) is 0 Å². The smallest absolute Gasteiger partial charge is 0.153 e. The van der Waals surface area contributed by atoms with Gasteiger partial charge in [0.1, 0.15) is 0 Å². The maximum absolute atomic E-state index is 5.98. The first-order chi connectivity index (χ1) is 9.93. The van der Waals surface area contributed by atoms with Crippen LogP contribution >= 0.6 is 0 Å². The average Bonchev–Trinajstić information content (AvgIpc) is 3.09. The zero-order chi connectivity index (χ0) is 13.4. The van der Waals surface area contributed by atoms with Gasteiger partial charge in [-0.1, -0.05) is 36.4 Å². The topological polar surface area (TPSA) is 15.7 Å². The highest BCUT2D eigenvalue weighted by molar-refractivity contribution is 5.60. The van der Waals surface area contributed by atoms with Crippen LogP contribution in [0.3, 0.4) is 0 Å². The Kier molecular flexibility index (Phi) is 2.85. The fourth-order valence-corrected chi connectivity index (χ4v) is 3.21. The summed E-state index contributed by atoms with van der Waals surface area (Å²) in [5.74, 6) is 0.593. The Morgan fingerprint density at radius 1 is 0.850 bits per heavy atom. The van der Waals surface area contributed by atoms with Crippen LogP contribution < -0.4 is 10.0 Å². The molecule has 3 nitrogen and oxygen atoms in total. The van der Waals surface area contributed by atoms with E-state index in [4.69, 9.17) is 4.74 Å². The summed E-state index contributed by atoms with van der Waals surface area (Å²) in [5, 5.41) is 4.66. The second-order valence-electron chi connectivity index (χ2n) is 5.41. The van der Waals surface area contributed by atoms with Gasteiger partial charge in [-0.2, -0.15) is 0 Å². The summed E-state index contributed by atoms with van der Waals surface area (Å²) in [6, 6.07) is 21.1. The summed E-state index contributed by atoms with van der Waals surface area (Å²) in [5.41, 5.74) is 2.43. The maximum Gasteiger partial charge on any atom is 0.153 e. The third kappa shape index (κ3) is 1.86. The second-order valence-corrected chi connectivity index (χ2v) is 5.41. The molecule has 0 saturated carbocycles. The molecule has 20 heavy (non-hydrogen) atoms. The van der Waals surface area contributed by atoms with Gasteiger partial charge in [0.2, 0.25) is 0 Å². The van der Waals surface area contributed by atoms with Crippen LogP contribution in [-0.2, 0) is 4.74 Å². The first-order valence-corrected chi connectivity index (χ1v) is 7.22. The van der Waals surface area contributed by atoms with Gasteiger partial charge in [-0.3, -0.25) is 10.0 Å². The molecule has 0 bridgehead atoms. The van der Waals surface area contributed by atoms with Crippen LogP contribution in [0.15, 0.2) is 60.7 Å².